The molecule has 0 aliphatic heterocycles. The van der Waals surface area contributed by atoms with E-state index in [2.05, 4.69) is 27.8 Å². The molecule has 1 saturated carbocycles. The maximum atomic E-state index is 5.23. The van der Waals surface area contributed by atoms with Crippen molar-refractivity contribution in [3.8, 4) is 5.75 Å². The summed E-state index contributed by atoms with van der Waals surface area (Å²) in [7, 11) is 1.71. The molecule has 0 radical (unpaired) electrons. The fourth-order valence-corrected chi connectivity index (χ4v) is 3.11. The average molecular weight is 288 g/mol. The van der Waals surface area contributed by atoms with Crippen LogP contribution in [-0.4, -0.2) is 18.6 Å². The van der Waals surface area contributed by atoms with Gasteiger partial charge in [0.1, 0.15) is 5.75 Å². The molecule has 1 aliphatic rings. The SMILES string of the molecule is COc1ccc(C(NCCc2cscn2)C2CC2)cc1. The molecule has 4 heteroatoms. The second kappa shape index (κ2) is 6.37. The van der Waals surface area contributed by atoms with E-state index in [0.29, 0.717) is 6.04 Å². The van der Waals surface area contributed by atoms with Crippen LogP contribution in [0.25, 0.3) is 0 Å². The maximum Gasteiger partial charge on any atom is 0.118 e. The van der Waals surface area contributed by atoms with Crippen LogP contribution in [0.1, 0.15) is 30.1 Å². The number of hydrogen-bond donors (Lipinski definition) is 1. The molecule has 1 aliphatic carbocycles. The Hall–Kier alpha value is -1.39. The van der Waals surface area contributed by atoms with Gasteiger partial charge >= 0.3 is 0 Å². The van der Waals surface area contributed by atoms with Crippen LogP contribution >= 0.6 is 11.3 Å². The van der Waals surface area contributed by atoms with E-state index >= 15 is 0 Å². The maximum absolute atomic E-state index is 5.23. The number of benzene rings is 1. The Morgan fingerprint density at radius 1 is 1.35 bits per heavy atom. The first-order chi connectivity index (χ1) is 9.86. The molecule has 0 saturated heterocycles. The number of aromatic nitrogens is 1. The van der Waals surface area contributed by atoms with Crippen LogP contribution in [0.3, 0.4) is 0 Å². The summed E-state index contributed by atoms with van der Waals surface area (Å²) in [4.78, 5) is 4.33. The lowest BCUT2D eigenvalue weighted by Crippen LogP contribution is -2.25. The molecule has 1 atom stereocenters. The third-order valence-electron chi connectivity index (χ3n) is 3.80. The van der Waals surface area contributed by atoms with Crippen molar-refractivity contribution in [1.29, 1.82) is 0 Å². The quantitative estimate of drug-likeness (QED) is 0.847. The minimum absolute atomic E-state index is 0.472. The van der Waals surface area contributed by atoms with Crippen molar-refractivity contribution in [2.45, 2.75) is 25.3 Å². The van der Waals surface area contributed by atoms with Crippen LogP contribution < -0.4 is 10.1 Å². The Morgan fingerprint density at radius 3 is 2.75 bits per heavy atom. The number of nitrogens with one attached hydrogen (secondary N) is 1. The van der Waals surface area contributed by atoms with Gasteiger partial charge in [-0.2, -0.15) is 0 Å². The second-order valence-corrected chi connectivity index (χ2v) is 5.99. The van der Waals surface area contributed by atoms with Gasteiger partial charge in [-0.1, -0.05) is 12.1 Å². The van der Waals surface area contributed by atoms with E-state index in [1.807, 2.05) is 17.6 Å². The normalized spacial score (nSPS) is 16.1. The van der Waals surface area contributed by atoms with Crippen molar-refractivity contribution < 1.29 is 4.74 Å². The Balaban J connectivity index is 1.60. The summed E-state index contributed by atoms with van der Waals surface area (Å²) < 4.78 is 5.23. The smallest absolute Gasteiger partial charge is 0.118 e. The molecule has 106 valence electrons. The van der Waals surface area contributed by atoms with Crippen molar-refractivity contribution in [3.05, 3.63) is 46.4 Å². The van der Waals surface area contributed by atoms with Crippen LogP contribution in [0.15, 0.2) is 35.2 Å². The van der Waals surface area contributed by atoms with Crippen LogP contribution in [0, 0.1) is 5.92 Å². The van der Waals surface area contributed by atoms with E-state index in [1.165, 1.54) is 24.1 Å². The zero-order valence-corrected chi connectivity index (χ0v) is 12.5. The molecule has 1 aromatic heterocycles. The highest BCUT2D eigenvalue weighted by atomic mass is 32.1. The highest BCUT2D eigenvalue weighted by Gasteiger charge is 2.31. The molecule has 1 aromatic carbocycles. The van der Waals surface area contributed by atoms with Crippen molar-refractivity contribution in [2.24, 2.45) is 5.92 Å². The van der Waals surface area contributed by atoms with Gasteiger partial charge in [-0.15, -0.1) is 11.3 Å². The Labute approximate surface area is 124 Å². The monoisotopic (exact) mass is 288 g/mol. The lowest BCUT2D eigenvalue weighted by atomic mass is 10.0. The molecule has 0 bridgehead atoms. The fraction of sp³-hybridized carbons (Fsp3) is 0.438. The zero-order valence-electron chi connectivity index (χ0n) is 11.7. The minimum Gasteiger partial charge on any atom is -0.497 e. The summed E-state index contributed by atoms with van der Waals surface area (Å²) in [6.07, 6.45) is 3.67. The van der Waals surface area contributed by atoms with Crippen molar-refractivity contribution >= 4 is 11.3 Å². The lowest BCUT2D eigenvalue weighted by Gasteiger charge is -2.19. The van der Waals surface area contributed by atoms with E-state index in [1.54, 1.807) is 18.4 Å². The number of hydrogen-bond acceptors (Lipinski definition) is 4. The summed E-state index contributed by atoms with van der Waals surface area (Å²) in [6.45, 7) is 0.983. The largest absolute Gasteiger partial charge is 0.497 e. The van der Waals surface area contributed by atoms with Crippen LogP contribution in [0.2, 0.25) is 0 Å². The summed E-state index contributed by atoms with van der Waals surface area (Å²) in [5.74, 6) is 1.71. The number of ether oxygens (including phenoxy) is 1. The van der Waals surface area contributed by atoms with Gasteiger partial charge in [0.15, 0.2) is 0 Å². The number of nitrogens with zero attached hydrogens (tertiary/aromatic N) is 1. The molecule has 1 unspecified atom stereocenters. The van der Waals surface area contributed by atoms with E-state index < -0.39 is 0 Å². The van der Waals surface area contributed by atoms with Crippen molar-refractivity contribution in [2.75, 3.05) is 13.7 Å². The Bertz CT molecular complexity index is 520. The predicted molar refractivity (Wildman–Crippen MR) is 82.3 cm³/mol. The average Bonchev–Trinajstić information content (AvgIpc) is 3.20. The van der Waals surface area contributed by atoms with Crippen LogP contribution in [-0.2, 0) is 6.42 Å². The fourth-order valence-electron chi connectivity index (χ4n) is 2.51. The standard InChI is InChI=1S/C16H20N2OS/c1-19-15-6-4-13(5-7-15)16(12-2-3-12)17-9-8-14-10-20-11-18-14/h4-7,10-12,16-17H,2-3,8-9H2,1H3. The highest BCUT2D eigenvalue weighted by Crippen LogP contribution is 2.41. The second-order valence-electron chi connectivity index (χ2n) is 5.27. The molecule has 20 heavy (non-hydrogen) atoms. The Kier molecular flexibility index (Phi) is 4.33. The molecule has 0 spiro atoms. The summed E-state index contributed by atoms with van der Waals surface area (Å²) >= 11 is 1.66. The van der Waals surface area contributed by atoms with Gasteiger partial charge in [0.05, 0.1) is 18.3 Å². The topological polar surface area (TPSA) is 34.1 Å². The highest BCUT2D eigenvalue weighted by molar-refractivity contribution is 7.07. The zero-order chi connectivity index (χ0) is 13.8. The minimum atomic E-state index is 0.472. The van der Waals surface area contributed by atoms with E-state index in [-0.39, 0.29) is 0 Å². The molecule has 2 aromatic rings. The van der Waals surface area contributed by atoms with Crippen LogP contribution in [0.4, 0.5) is 0 Å². The van der Waals surface area contributed by atoms with Crippen molar-refractivity contribution in [1.82, 2.24) is 10.3 Å². The molecular weight excluding hydrogens is 268 g/mol. The van der Waals surface area contributed by atoms with Gasteiger partial charge in [-0.25, -0.2) is 4.98 Å². The van der Waals surface area contributed by atoms with E-state index in [4.69, 9.17) is 4.74 Å². The Morgan fingerprint density at radius 2 is 2.15 bits per heavy atom. The van der Waals surface area contributed by atoms with Gasteiger partial charge in [0.25, 0.3) is 0 Å². The molecule has 0 amide bonds. The van der Waals surface area contributed by atoms with Gasteiger partial charge < -0.3 is 10.1 Å². The van der Waals surface area contributed by atoms with E-state index in [0.717, 1.165) is 24.6 Å². The van der Waals surface area contributed by atoms with E-state index in [9.17, 15) is 0 Å². The molecule has 1 N–H and O–H groups in total. The predicted octanol–water partition coefficient (Wildman–Crippen LogP) is 3.44. The lowest BCUT2D eigenvalue weighted by molar-refractivity contribution is 0.413. The summed E-state index contributed by atoms with van der Waals surface area (Å²) in [5.41, 5.74) is 4.45. The first-order valence-electron chi connectivity index (χ1n) is 7.11. The third kappa shape index (κ3) is 3.38. The third-order valence-corrected chi connectivity index (χ3v) is 4.43. The summed E-state index contributed by atoms with van der Waals surface area (Å²) in [5, 5.41) is 5.82. The molecule has 3 rings (SSSR count). The van der Waals surface area contributed by atoms with Gasteiger partial charge in [0, 0.05) is 24.4 Å². The number of methoxy groups -OCH3 is 1. The van der Waals surface area contributed by atoms with Crippen LogP contribution in [0.5, 0.6) is 5.75 Å². The van der Waals surface area contributed by atoms with Gasteiger partial charge in [-0.3, -0.25) is 0 Å². The van der Waals surface area contributed by atoms with Crippen molar-refractivity contribution in [3.63, 3.8) is 0 Å². The number of rotatable bonds is 7. The summed E-state index contributed by atoms with van der Waals surface area (Å²) in [6, 6.07) is 8.93. The molecular formula is C16H20N2OS. The van der Waals surface area contributed by atoms with Gasteiger partial charge in [0.2, 0.25) is 0 Å². The molecule has 3 nitrogen and oxygen atoms in total. The van der Waals surface area contributed by atoms with Gasteiger partial charge in [-0.05, 0) is 36.5 Å². The first kappa shape index (κ1) is 13.6. The number of thiazole rings is 1. The molecule has 1 fully saturated rings. The molecule has 1 heterocycles. The first-order valence-corrected chi connectivity index (χ1v) is 8.05.